The molecule has 65 valence electrons. The predicted molar refractivity (Wildman–Crippen MR) is 58.3 cm³/mol. The van der Waals surface area contributed by atoms with E-state index in [1.165, 1.54) is 16.7 Å². The lowest BCUT2D eigenvalue weighted by Crippen LogP contribution is -1.76. The average Bonchev–Trinajstić information content (AvgIpc) is 2.51. The first-order valence-corrected chi connectivity index (χ1v) is 5.25. The van der Waals surface area contributed by atoms with Gasteiger partial charge < -0.3 is 0 Å². The Morgan fingerprint density at radius 2 is 2.23 bits per heavy atom. The van der Waals surface area contributed by atoms with Crippen LogP contribution in [0, 0.1) is 12.3 Å². The van der Waals surface area contributed by atoms with E-state index >= 15 is 0 Å². The SMILES string of the molecule is Cc1[c]scc1-c1cccc(Cl)c1. The maximum Gasteiger partial charge on any atom is 0.0481 e. The van der Waals surface area contributed by atoms with Crippen molar-refractivity contribution in [1.29, 1.82) is 0 Å². The topological polar surface area (TPSA) is 0 Å². The molecule has 0 aliphatic rings. The highest BCUT2D eigenvalue weighted by Crippen LogP contribution is 2.27. The van der Waals surface area contributed by atoms with Crippen LogP contribution in [-0.4, -0.2) is 0 Å². The number of aryl methyl sites for hydroxylation is 1. The molecule has 1 radical (unpaired) electrons. The number of hydrogen-bond donors (Lipinski definition) is 0. The highest BCUT2D eigenvalue weighted by Gasteiger charge is 2.02. The molecule has 0 atom stereocenters. The molecule has 13 heavy (non-hydrogen) atoms. The number of rotatable bonds is 1. The molecule has 0 saturated carbocycles. The van der Waals surface area contributed by atoms with Crippen molar-refractivity contribution in [1.82, 2.24) is 0 Å². The molecule has 1 aromatic heterocycles. The number of halogens is 1. The summed E-state index contributed by atoms with van der Waals surface area (Å²) in [6, 6.07) is 7.89. The van der Waals surface area contributed by atoms with E-state index in [9.17, 15) is 0 Å². The van der Waals surface area contributed by atoms with Crippen LogP contribution in [0.2, 0.25) is 5.02 Å². The van der Waals surface area contributed by atoms with Gasteiger partial charge in [-0.25, -0.2) is 0 Å². The second-order valence-corrected chi connectivity index (χ2v) is 4.00. The minimum absolute atomic E-state index is 0.781. The summed E-state index contributed by atoms with van der Waals surface area (Å²) in [5, 5.41) is 6.06. The lowest BCUT2D eigenvalue weighted by molar-refractivity contribution is 1.52. The second-order valence-electron chi connectivity index (χ2n) is 2.89. The van der Waals surface area contributed by atoms with Gasteiger partial charge in [-0.05, 0) is 41.1 Å². The first-order valence-electron chi connectivity index (χ1n) is 3.99. The molecule has 0 N–H and O–H groups in total. The Balaban J connectivity index is 2.53. The maximum atomic E-state index is 5.91. The van der Waals surface area contributed by atoms with E-state index in [1.54, 1.807) is 11.3 Å². The van der Waals surface area contributed by atoms with Crippen molar-refractivity contribution in [3.63, 3.8) is 0 Å². The highest BCUT2D eigenvalue weighted by molar-refractivity contribution is 7.07. The molecule has 0 spiro atoms. The molecular weight excluding hydrogens is 200 g/mol. The minimum atomic E-state index is 0.781. The van der Waals surface area contributed by atoms with E-state index < -0.39 is 0 Å². The van der Waals surface area contributed by atoms with E-state index in [2.05, 4.69) is 23.8 Å². The van der Waals surface area contributed by atoms with Crippen LogP contribution < -0.4 is 0 Å². The van der Waals surface area contributed by atoms with Crippen LogP contribution in [0.1, 0.15) is 5.56 Å². The molecule has 0 saturated heterocycles. The third-order valence-electron chi connectivity index (χ3n) is 1.93. The van der Waals surface area contributed by atoms with Crippen LogP contribution in [0.3, 0.4) is 0 Å². The summed E-state index contributed by atoms with van der Waals surface area (Å²) >= 11 is 7.51. The largest absolute Gasteiger partial charge is 0.142 e. The van der Waals surface area contributed by atoms with Gasteiger partial charge in [0.05, 0.1) is 0 Å². The molecule has 0 aliphatic heterocycles. The Morgan fingerprint density at radius 3 is 2.85 bits per heavy atom. The molecule has 0 amide bonds. The zero-order chi connectivity index (χ0) is 9.26. The van der Waals surface area contributed by atoms with Crippen molar-refractivity contribution >= 4 is 22.9 Å². The molecule has 1 aromatic carbocycles. The molecule has 0 unspecified atom stereocenters. The summed E-state index contributed by atoms with van der Waals surface area (Å²) in [7, 11) is 0. The van der Waals surface area contributed by atoms with Gasteiger partial charge in [0.2, 0.25) is 0 Å². The van der Waals surface area contributed by atoms with Crippen molar-refractivity contribution in [2.24, 2.45) is 0 Å². The van der Waals surface area contributed by atoms with Crippen molar-refractivity contribution in [2.45, 2.75) is 6.92 Å². The van der Waals surface area contributed by atoms with E-state index in [0.29, 0.717) is 0 Å². The summed E-state index contributed by atoms with van der Waals surface area (Å²) in [5.41, 5.74) is 3.59. The van der Waals surface area contributed by atoms with Gasteiger partial charge in [0.25, 0.3) is 0 Å². The van der Waals surface area contributed by atoms with Gasteiger partial charge in [-0.2, -0.15) is 0 Å². The predicted octanol–water partition coefficient (Wildman–Crippen LogP) is 4.18. The molecule has 2 aromatic rings. The van der Waals surface area contributed by atoms with E-state index in [4.69, 9.17) is 11.6 Å². The summed E-state index contributed by atoms with van der Waals surface area (Å²) in [5.74, 6) is 0. The molecule has 0 aliphatic carbocycles. The highest BCUT2D eigenvalue weighted by atomic mass is 35.5. The third kappa shape index (κ3) is 1.77. The van der Waals surface area contributed by atoms with E-state index in [-0.39, 0.29) is 0 Å². The molecule has 0 fully saturated rings. The standard InChI is InChI=1S/C11H8ClS/c1-8-6-13-7-11(8)9-3-2-4-10(12)5-9/h2-5,7H,1H3. The van der Waals surface area contributed by atoms with Crippen LogP contribution in [0.15, 0.2) is 29.6 Å². The van der Waals surface area contributed by atoms with Gasteiger partial charge in [0.1, 0.15) is 0 Å². The van der Waals surface area contributed by atoms with Crippen molar-refractivity contribution < 1.29 is 0 Å². The average molecular weight is 208 g/mol. The third-order valence-corrected chi connectivity index (χ3v) is 2.94. The lowest BCUT2D eigenvalue weighted by Gasteiger charge is -1.99. The quantitative estimate of drug-likeness (QED) is 0.658. The Bertz CT molecular complexity index is 418. The monoisotopic (exact) mass is 207 g/mol. The van der Waals surface area contributed by atoms with Crippen molar-refractivity contribution in [3.8, 4) is 11.1 Å². The number of benzene rings is 1. The van der Waals surface area contributed by atoms with Gasteiger partial charge in [-0.15, -0.1) is 11.3 Å². The molecular formula is C11H8ClS. The lowest BCUT2D eigenvalue weighted by atomic mass is 10.1. The first kappa shape index (κ1) is 8.79. The van der Waals surface area contributed by atoms with E-state index in [1.807, 2.05) is 18.2 Å². The summed E-state index contributed by atoms with van der Waals surface area (Å²) in [4.78, 5) is 0. The second kappa shape index (κ2) is 3.52. The van der Waals surface area contributed by atoms with Gasteiger partial charge >= 0.3 is 0 Å². The number of thiophene rings is 1. The van der Waals surface area contributed by atoms with Crippen molar-refractivity contribution in [2.75, 3.05) is 0 Å². The summed E-state index contributed by atoms with van der Waals surface area (Å²) in [6.45, 7) is 2.06. The first-order chi connectivity index (χ1) is 6.27. The molecule has 0 bridgehead atoms. The Hall–Kier alpha value is -0.790. The zero-order valence-corrected chi connectivity index (χ0v) is 8.75. The fraction of sp³-hybridized carbons (Fsp3) is 0.0909. The zero-order valence-electron chi connectivity index (χ0n) is 7.17. The fourth-order valence-electron chi connectivity index (χ4n) is 1.26. The fourth-order valence-corrected chi connectivity index (χ4v) is 2.23. The van der Waals surface area contributed by atoms with E-state index in [0.717, 1.165) is 5.02 Å². The van der Waals surface area contributed by atoms with Crippen LogP contribution in [0.4, 0.5) is 0 Å². The van der Waals surface area contributed by atoms with Crippen LogP contribution in [0.25, 0.3) is 11.1 Å². The normalized spacial score (nSPS) is 10.3. The summed E-state index contributed by atoms with van der Waals surface area (Å²) in [6.07, 6.45) is 0. The van der Waals surface area contributed by atoms with Gasteiger partial charge in [0, 0.05) is 10.4 Å². The van der Waals surface area contributed by atoms with Crippen molar-refractivity contribution in [3.05, 3.63) is 45.6 Å². The summed E-state index contributed by atoms with van der Waals surface area (Å²) < 4.78 is 0. The van der Waals surface area contributed by atoms with Crippen LogP contribution >= 0.6 is 22.9 Å². The van der Waals surface area contributed by atoms with Gasteiger partial charge in [-0.3, -0.25) is 0 Å². The molecule has 0 nitrogen and oxygen atoms in total. The molecule has 1 heterocycles. The Labute approximate surface area is 86.8 Å². The minimum Gasteiger partial charge on any atom is -0.142 e. The maximum absolute atomic E-state index is 5.91. The smallest absolute Gasteiger partial charge is 0.0481 e. The van der Waals surface area contributed by atoms with Crippen LogP contribution in [0.5, 0.6) is 0 Å². The Morgan fingerprint density at radius 1 is 1.38 bits per heavy atom. The Kier molecular flexibility index (Phi) is 2.38. The van der Waals surface area contributed by atoms with Gasteiger partial charge in [0.15, 0.2) is 0 Å². The number of hydrogen-bond acceptors (Lipinski definition) is 1. The van der Waals surface area contributed by atoms with Gasteiger partial charge in [-0.1, -0.05) is 23.7 Å². The van der Waals surface area contributed by atoms with Crippen LogP contribution in [-0.2, 0) is 0 Å². The molecule has 2 heteroatoms. The molecule has 2 rings (SSSR count).